The molecule has 1 aliphatic rings. The number of hydrogen-bond donors (Lipinski definition) is 1. The van der Waals surface area contributed by atoms with E-state index >= 15 is 0 Å². The van der Waals surface area contributed by atoms with Crippen LogP contribution in [0.5, 0.6) is 0 Å². The van der Waals surface area contributed by atoms with Crippen molar-refractivity contribution < 1.29 is 9.59 Å². The van der Waals surface area contributed by atoms with Crippen molar-refractivity contribution in [2.45, 2.75) is 25.7 Å². The summed E-state index contributed by atoms with van der Waals surface area (Å²) in [5.74, 6) is -0.0658. The number of carbonyl (C=O) groups is 2. The van der Waals surface area contributed by atoms with Crippen LogP contribution >= 0.6 is 0 Å². The lowest BCUT2D eigenvalue weighted by Crippen LogP contribution is -2.30. The van der Waals surface area contributed by atoms with Gasteiger partial charge in [-0.15, -0.1) is 0 Å². The maximum absolute atomic E-state index is 11.8. The fourth-order valence-electron chi connectivity index (χ4n) is 2.34. The van der Waals surface area contributed by atoms with Crippen molar-refractivity contribution >= 4 is 11.6 Å². The van der Waals surface area contributed by atoms with E-state index in [2.05, 4.69) is 5.32 Å². The van der Waals surface area contributed by atoms with Crippen molar-refractivity contribution in [3.05, 3.63) is 35.9 Å². The molecule has 0 aliphatic carbocycles. The van der Waals surface area contributed by atoms with E-state index in [4.69, 9.17) is 0 Å². The second-order valence-corrected chi connectivity index (χ2v) is 4.91. The number of carbonyl (C=O) groups excluding carboxylic acids is 2. The molecule has 0 unspecified atom stereocenters. The molecule has 0 bridgehead atoms. The predicted octanol–water partition coefficient (Wildman–Crippen LogP) is 1.76. The fourth-order valence-corrected chi connectivity index (χ4v) is 2.34. The summed E-state index contributed by atoms with van der Waals surface area (Å²) in [6.07, 6.45) is 2.67. The van der Waals surface area contributed by atoms with Gasteiger partial charge in [-0.25, -0.2) is 0 Å². The van der Waals surface area contributed by atoms with E-state index < -0.39 is 0 Å². The summed E-state index contributed by atoms with van der Waals surface area (Å²) in [6.45, 7) is 1.93. The Morgan fingerprint density at radius 1 is 1.06 bits per heavy atom. The van der Waals surface area contributed by atoms with Crippen molar-refractivity contribution in [1.82, 2.24) is 5.32 Å². The first kappa shape index (κ1) is 13.0. The zero-order valence-corrected chi connectivity index (χ0v) is 10.5. The monoisotopic (exact) mass is 245 g/mol. The Hall–Kier alpha value is -1.48. The minimum atomic E-state index is -0.250. The molecule has 1 saturated heterocycles. The lowest BCUT2D eigenvalue weighted by Gasteiger charge is -2.21. The summed E-state index contributed by atoms with van der Waals surface area (Å²) >= 11 is 0. The first-order chi connectivity index (χ1) is 8.75. The predicted molar refractivity (Wildman–Crippen MR) is 70.4 cm³/mol. The molecule has 0 aromatic heterocycles. The minimum Gasteiger partial charge on any atom is -0.317 e. The molecule has 0 radical (unpaired) electrons. The first-order valence-corrected chi connectivity index (χ1v) is 6.56. The van der Waals surface area contributed by atoms with Crippen LogP contribution < -0.4 is 5.32 Å². The molecule has 2 rings (SSSR count). The van der Waals surface area contributed by atoms with E-state index in [-0.39, 0.29) is 18.0 Å². The Morgan fingerprint density at radius 2 is 1.72 bits per heavy atom. The highest BCUT2D eigenvalue weighted by Crippen LogP contribution is 2.16. The van der Waals surface area contributed by atoms with Gasteiger partial charge in [0, 0.05) is 12.8 Å². The number of rotatable bonds is 5. The number of hydrogen-bond acceptors (Lipinski definition) is 3. The average Bonchev–Trinajstić information content (AvgIpc) is 2.41. The third-order valence-corrected chi connectivity index (χ3v) is 3.45. The molecule has 1 aliphatic heterocycles. The van der Waals surface area contributed by atoms with Gasteiger partial charge in [-0.05, 0) is 37.4 Å². The standard InChI is InChI=1S/C15H19NO2/c17-14(10-12-4-2-1-3-5-12)15(18)11-13-6-8-16-9-7-13/h1-5,13,16H,6-11H2. The normalized spacial score (nSPS) is 16.4. The van der Waals surface area contributed by atoms with Crippen molar-refractivity contribution in [1.29, 1.82) is 0 Å². The summed E-state index contributed by atoms with van der Waals surface area (Å²) in [4.78, 5) is 23.7. The molecule has 1 heterocycles. The van der Waals surface area contributed by atoms with E-state index in [1.807, 2.05) is 30.3 Å². The number of nitrogens with one attached hydrogen (secondary N) is 1. The van der Waals surface area contributed by atoms with Crippen LogP contribution in [0.3, 0.4) is 0 Å². The molecule has 1 aromatic carbocycles. The fraction of sp³-hybridized carbons (Fsp3) is 0.467. The zero-order chi connectivity index (χ0) is 12.8. The second kappa shape index (κ2) is 6.45. The average molecular weight is 245 g/mol. The maximum atomic E-state index is 11.8. The van der Waals surface area contributed by atoms with Gasteiger partial charge in [-0.3, -0.25) is 9.59 Å². The van der Waals surface area contributed by atoms with Crippen LogP contribution in [-0.2, 0) is 16.0 Å². The highest BCUT2D eigenvalue weighted by Gasteiger charge is 2.21. The largest absolute Gasteiger partial charge is 0.317 e. The Kier molecular flexibility index (Phi) is 4.65. The molecule has 0 amide bonds. The highest BCUT2D eigenvalue weighted by atomic mass is 16.2. The molecule has 1 N–H and O–H groups in total. The molecule has 1 aromatic rings. The molecule has 96 valence electrons. The van der Waals surface area contributed by atoms with Gasteiger partial charge in [0.1, 0.15) is 0 Å². The van der Waals surface area contributed by atoms with Crippen molar-refractivity contribution in [3.8, 4) is 0 Å². The number of Topliss-reactive ketones (excluding diaryl/α,β-unsaturated/α-hetero) is 2. The molecular weight excluding hydrogens is 226 g/mol. The van der Waals surface area contributed by atoms with E-state index in [1.165, 1.54) is 0 Å². The Balaban J connectivity index is 1.83. The highest BCUT2D eigenvalue weighted by molar-refractivity contribution is 6.37. The van der Waals surface area contributed by atoms with Gasteiger partial charge >= 0.3 is 0 Å². The third-order valence-electron chi connectivity index (χ3n) is 3.45. The molecule has 0 spiro atoms. The molecular formula is C15H19NO2. The first-order valence-electron chi connectivity index (χ1n) is 6.56. The number of piperidine rings is 1. The second-order valence-electron chi connectivity index (χ2n) is 4.91. The molecule has 3 nitrogen and oxygen atoms in total. The molecule has 18 heavy (non-hydrogen) atoms. The van der Waals surface area contributed by atoms with Crippen molar-refractivity contribution in [2.75, 3.05) is 13.1 Å². The lowest BCUT2D eigenvalue weighted by molar-refractivity contribution is -0.136. The van der Waals surface area contributed by atoms with E-state index in [1.54, 1.807) is 0 Å². The van der Waals surface area contributed by atoms with Crippen LogP contribution in [0.1, 0.15) is 24.8 Å². The lowest BCUT2D eigenvalue weighted by atomic mass is 9.90. The summed E-state index contributed by atoms with van der Waals surface area (Å²) in [5.41, 5.74) is 0.918. The summed E-state index contributed by atoms with van der Waals surface area (Å²) < 4.78 is 0. The maximum Gasteiger partial charge on any atom is 0.202 e. The zero-order valence-electron chi connectivity index (χ0n) is 10.5. The summed E-state index contributed by atoms with van der Waals surface area (Å²) in [5, 5.41) is 3.26. The Labute approximate surface area is 108 Å². The SMILES string of the molecule is O=C(Cc1ccccc1)C(=O)CC1CCNCC1. The Bertz CT molecular complexity index is 408. The van der Waals surface area contributed by atoms with Crippen LogP contribution in [0.15, 0.2) is 30.3 Å². The van der Waals surface area contributed by atoms with Gasteiger partial charge in [-0.2, -0.15) is 0 Å². The van der Waals surface area contributed by atoms with Gasteiger partial charge in [-0.1, -0.05) is 30.3 Å². The number of ketones is 2. The number of benzene rings is 1. The van der Waals surface area contributed by atoms with Crippen LogP contribution in [0.4, 0.5) is 0 Å². The summed E-state index contributed by atoms with van der Waals surface area (Å²) in [7, 11) is 0. The van der Waals surface area contributed by atoms with Gasteiger partial charge in [0.2, 0.25) is 5.78 Å². The quantitative estimate of drug-likeness (QED) is 0.804. The van der Waals surface area contributed by atoms with Gasteiger partial charge < -0.3 is 5.32 Å². The topological polar surface area (TPSA) is 46.2 Å². The van der Waals surface area contributed by atoms with Crippen LogP contribution in [0.25, 0.3) is 0 Å². The van der Waals surface area contributed by atoms with Gasteiger partial charge in [0.05, 0.1) is 0 Å². The molecule has 0 atom stereocenters. The smallest absolute Gasteiger partial charge is 0.202 e. The molecule has 1 fully saturated rings. The van der Waals surface area contributed by atoms with Crippen LogP contribution in [-0.4, -0.2) is 24.7 Å². The third kappa shape index (κ3) is 3.77. The molecule has 0 saturated carbocycles. The minimum absolute atomic E-state index is 0.203. The van der Waals surface area contributed by atoms with Crippen LogP contribution in [0.2, 0.25) is 0 Å². The van der Waals surface area contributed by atoms with E-state index in [9.17, 15) is 9.59 Å². The van der Waals surface area contributed by atoms with Crippen molar-refractivity contribution in [2.24, 2.45) is 5.92 Å². The van der Waals surface area contributed by atoms with E-state index in [0.717, 1.165) is 31.5 Å². The summed E-state index contributed by atoms with van der Waals surface area (Å²) in [6, 6.07) is 9.45. The Morgan fingerprint density at radius 3 is 2.39 bits per heavy atom. The van der Waals surface area contributed by atoms with Gasteiger partial charge in [0.25, 0.3) is 0 Å². The van der Waals surface area contributed by atoms with Gasteiger partial charge in [0.15, 0.2) is 5.78 Å². The van der Waals surface area contributed by atoms with E-state index in [0.29, 0.717) is 12.3 Å². The van der Waals surface area contributed by atoms with Crippen LogP contribution in [0, 0.1) is 5.92 Å². The van der Waals surface area contributed by atoms with Crippen molar-refractivity contribution in [3.63, 3.8) is 0 Å². The molecule has 3 heteroatoms.